The first kappa shape index (κ1) is 9.98. The van der Waals surface area contributed by atoms with Gasteiger partial charge in [0.05, 0.1) is 0 Å². The van der Waals surface area contributed by atoms with Gasteiger partial charge in [0.25, 0.3) is 0 Å². The molecule has 0 aliphatic heterocycles. The van der Waals surface area contributed by atoms with E-state index in [0.29, 0.717) is 0 Å². The van der Waals surface area contributed by atoms with Crippen molar-refractivity contribution in [1.29, 1.82) is 0 Å². The Morgan fingerprint density at radius 3 is 1.83 bits per heavy atom. The minimum absolute atomic E-state index is 0. The minimum atomic E-state index is -1.44. The number of nitrogens with zero attached hydrogens (tertiary/aromatic N) is 1. The molecule has 0 unspecified atom stereocenters. The van der Waals surface area contributed by atoms with Crippen molar-refractivity contribution in [3.05, 3.63) is 5.41 Å². The molecule has 2 N–H and O–H groups in total. The van der Waals surface area contributed by atoms with E-state index < -0.39 is 6.08 Å². The van der Waals surface area contributed by atoms with E-state index in [1.54, 1.807) is 0 Å². The Balaban J connectivity index is 0. The quantitative estimate of drug-likeness (QED) is 0.116. The summed E-state index contributed by atoms with van der Waals surface area (Å²) in [6.45, 7) is 0. The van der Waals surface area contributed by atoms with Crippen LogP contribution in [-0.4, -0.2) is 16.4 Å². The van der Waals surface area contributed by atoms with Crippen molar-refractivity contribution < 1.29 is 66.6 Å². The Morgan fingerprint density at radius 1 is 1.67 bits per heavy atom. The fourth-order valence-corrected chi connectivity index (χ4v) is 0. The molecule has 5 heteroatoms. The van der Waals surface area contributed by atoms with Crippen molar-refractivity contribution in [2.24, 2.45) is 0 Å². The van der Waals surface area contributed by atoms with E-state index in [4.69, 9.17) is 15.8 Å². The molecular weight excluding hydrogens is 113 g/mol. The van der Waals surface area contributed by atoms with Crippen LogP contribution in [0, 0.1) is 0 Å². The third-order valence-corrected chi connectivity index (χ3v) is 0.0816. The summed E-state index contributed by atoms with van der Waals surface area (Å²) in [5.41, 5.74) is 0. The standard InChI is InChI=1S/CH2NO3.K/c2-1(3)5-4;/h(H2-,2,3,4);/q-1;+1. The fourth-order valence-electron chi connectivity index (χ4n) is 0. The van der Waals surface area contributed by atoms with Gasteiger partial charge in [-0.05, 0) is 0 Å². The van der Waals surface area contributed by atoms with Gasteiger partial charge in [-0.15, -0.1) is 0 Å². The summed E-state index contributed by atoms with van der Waals surface area (Å²) in [5, 5.41) is 21.8. The number of aliphatic hydroxyl groups is 1. The Kier molecular flexibility index (Phi) is 9.76. The molecule has 0 rings (SSSR count). The average molecular weight is 115 g/mol. The predicted octanol–water partition coefficient (Wildman–Crippen LogP) is -3.04. The molecule has 0 aromatic heterocycles. The van der Waals surface area contributed by atoms with Crippen molar-refractivity contribution in [3.8, 4) is 0 Å². The SMILES string of the molecule is [K+].[N-]=C(O)OO. The fraction of sp³-hybridized carbons (Fsp3) is 0. The van der Waals surface area contributed by atoms with E-state index >= 15 is 0 Å². The van der Waals surface area contributed by atoms with E-state index in [2.05, 4.69) is 4.89 Å². The van der Waals surface area contributed by atoms with Gasteiger partial charge in [-0.2, -0.15) is 0 Å². The zero-order chi connectivity index (χ0) is 4.28. The summed E-state index contributed by atoms with van der Waals surface area (Å²) in [7, 11) is 0. The summed E-state index contributed by atoms with van der Waals surface area (Å²) in [6.07, 6.45) is -1.44. The van der Waals surface area contributed by atoms with Crippen LogP contribution in [0.2, 0.25) is 0 Å². The minimum Gasteiger partial charge on any atom is -0.733 e. The topological polar surface area (TPSA) is 72.0 Å². The van der Waals surface area contributed by atoms with Gasteiger partial charge < -0.3 is 15.4 Å². The maximum Gasteiger partial charge on any atom is 1.00 e. The monoisotopic (exact) mass is 115 g/mol. The molecule has 0 spiro atoms. The molecule has 4 nitrogen and oxygen atoms in total. The van der Waals surface area contributed by atoms with Crippen LogP contribution in [0.3, 0.4) is 0 Å². The molecule has 0 saturated heterocycles. The summed E-state index contributed by atoms with van der Waals surface area (Å²) in [4.78, 5) is 2.78. The largest absolute Gasteiger partial charge is 1.00 e. The number of hydrogen-bond donors (Lipinski definition) is 2. The molecular formula is CH2KNO3. The van der Waals surface area contributed by atoms with Gasteiger partial charge in [-0.1, -0.05) is 0 Å². The normalized spacial score (nSPS) is 5.50. The second-order valence-corrected chi connectivity index (χ2v) is 0.374. The van der Waals surface area contributed by atoms with E-state index in [1.807, 2.05) is 0 Å². The summed E-state index contributed by atoms with van der Waals surface area (Å²) < 4.78 is 0. The first-order chi connectivity index (χ1) is 2.27. The molecule has 0 aliphatic carbocycles. The third kappa shape index (κ3) is 8.85. The molecule has 0 bridgehead atoms. The van der Waals surface area contributed by atoms with Gasteiger partial charge in [-0.3, -0.25) is 0 Å². The van der Waals surface area contributed by atoms with E-state index in [0.717, 1.165) is 0 Å². The zero-order valence-corrected chi connectivity index (χ0v) is 6.37. The van der Waals surface area contributed by atoms with Crippen molar-refractivity contribution in [3.63, 3.8) is 0 Å². The number of aliphatic hydroxyl groups excluding tert-OH is 1. The number of hydrogen-bond acceptors (Lipinski definition) is 2. The Labute approximate surface area is 77.0 Å². The first-order valence-corrected chi connectivity index (χ1v) is 0.834. The average Bonchev–Trinajstić information content (AvgIpc) is 1.38. The maximum atomic E-state index is 7.36. The third-order valence-electron chi connectivity index (χ3n) is 0.0816. The van der Waals surface area contributed by atoms with Gasteiger partial charge in [-0.25, -0.2) is 5.26 Å². The molecule has 0 fully saturated rings. The van der Waals surface area contributed by atoms with Crippen LogP contribution in [0.1, 0.15) is 0 Å². The van der Waals surface area contributed by atoms with Crippen LogP contribution >= 0.6 is 0 Å². The van der Waals surface area contributed by atoms with Crippen LogP contribution < -0.4 is 51.4 Å². The Hall–Kier alpha value is 0.866. The molecule has 0 saturated carbocycles. The number of rotatable bonds is 0. The molecule has 0 heterocycles. The maximum absolute atomic E-state index is 7.36. The van der Waals surface area contributed by atoms with Crippen LogP contribution in [0.15, 0.2) is 0 Å². The first-order valence-electron chi connectivity index (χ1n) is 0.834. The zero-order valence-electron chi connectivity index (χ0n) is 3.25. The second-order valence-electron chi connectivity index (χ2n) is 0.374. The molecule has 6 heavy (non-hydrogen) atoms. The molecule has 0 aliphatic rings. The smallest absolute Gasteiger partial charge is 0.733 e. The molecule has 0 radical (unpaired) electrons. The Bertz CT molecular complexity index is 46.1. The summed E-state index contributed by atoms with van der Waals surface area (Å²) in [6, 6.07) is 0. The predicted molar refractivity (Wildman–Crippen MR) is 14.7 cm³/mol. The van der Waals surface area contributed by atoms with E-state index in [9.17, 15) is 0 Å². The molecule has 0 atom stereocenters. The van der Waals surface area contributed by atoms with Crippen LogP contribution in [-0.2, 0) is 4.89 Å². The van der Waals surface area contributed by atoms with Crippen LogP contribution in [0.5, 0.6) is 0 Å². The van der Waals surface area contributed by atoms with Gasteiger partial charge >= 0.3 is 51.4 Å². The molecule has 0 aromatic carbocycles. The van der Waals surface area contributed by atoms with Crippen LogP contribution in [0.25, 0.3) is 5.41 Å². The second kappa shape index (κ2) is 5.87. The van der Waals surface area contributed by atoms with Crippen molar-refractivity contribution in [1.82, 2.24) is 0 Å². The van der Waals surface area contributed by atoms with Gasteiger partial charge in [0.1, 0.15) is 0 Å². The van der Waals surface area contributed by atoms with E-state index in [1.165, 1.54) is 0 Å². The molecule has 0 amide bonds. The van der Waals surface area contributed by atoms with E-state index in [-0.39, 0.29) is 51.4 Å². The summed E-state index contributed by atoms with van der Waals surface area (Å²) in [5.74, 6) is 0. The van der Waals surface area contributed by atoms with Crippen LogP contribution in [0.4, 0.5) is 0 Å². The Morgan fingerprint density at radius 2 is 1.83 bits per heavy atom. The van der Waals surface area contributed by atoms with Crippen molar-refractivity contribution >= 4 is 6.08 Å². The molecule has 30 valence electrons. The van der Waals surface area contributed by atoms with Gasteiger partial charge in [0, 0.05) is 0 Å². The van der Waals surface area contributed by atoms with Crippen molar-refractivity contribution in [2.75, 3.05) is 0 Å². The van der Waals surface area contributed by atoms with Crippen molar-refractivity contribution in [2.45, 2.75) is 0 Å². The summed E-state index contributed by atoms with van der Waals surface area (Å²) >= 11 is 0. The van der Waals surface area contributed by atoms with Gasteiger partial charge in [0.15, 0.2) is 6.08 Å². The van der Waals surface area contributed by atoms with Gasteiger partial charge in [0.2, 0.25) is 0 Å². The molecule has 0 aromatic rings.